The second-order valence-electron chi connectivity index (χ2n) is 7.48. The van der Waals surface area contributed by atoms with E-state index >= 15 is 0 Å². The summed E-state index contributed by atoms with van der Waals surface area (Å²) < 4.78 is 22.7. The van der Waals surface area contributed by atoms with E-state index in [4.69, 9.17) is 18.9 Å². The van der Waals surface area contributed by atoms with Crippen LogP contribution in [0.4, 0.5) is 4.79 Å². The molecule has 0 aromatic rings. The lowest BCUT2D eigenvalue weighted by Crippen LogP contribution is -2.55. The summed E-state index contributed by atoms with van der Waals surface area (Å²) in [5, 5.41) is 0. The lowest BCUT2D eigenvalue weighted by Gasteiger charge is -2.36. The zero-order chi connectivity index (χ0) is 17.4. The van der Waals surface area contributed by atoms with Crippen LogP contribution >= 0.6 is 0 Å². The van der Waals surface area contributed by atoms with Crippen LogP contribution in [0.1, 0.15) is 34.6 Å². The third-order valence-electron chi connectivity index (χ3n) is 4.27. The van der Waals surface area contributed by atoms with Crippen LogP contribution in [0.25, 0.3) is 0 Å². The van der Waals surface area contributed by atoms with E-state index in [0.717, 1.165) is 0 Å². The van der Waals surface area contributed by atoms with Crippen LogP contribution in [-0.4, -0.2) is 61.9 Å². The standard InChI is InChI=1S/C17H29NO5/c1-11(2)8-12-9-18(15(19)23-16(3,4)5)14-13(12)22-10-17(14,20-6)21-7/h8,12-14H,9-10H2,1-7H3/t12-,13-,14+/m1/s1. The van der Waals surface area contributed by atoms with E-state index in [9.17, 15) is 4.79 Å². The van der Waals surface area contributed by atoms with E-state index in [0.29, 0.717) is 13.2 Å². The van der Waals surface area contributed by atoms with Crippen LogP contribution < -0.4 is 0 Å². The Balaban J connectivity index is 2.32. The van der Waals surface area contributed by atoms with Crippen LogP contribution in [0.3, 0.4) is 0 Å². The van der Waals surface area contributed by atoms with Crippen LogP contribution in [0, 0.1) is 5.92 Å². The fourth-order valence-corrected chi connectivity index (χ4v) is 3.38. The summed E-state index contributed by atoms with van der Waals surface area (Å²) in [6, 6.07) is -0.326. The second-order valence-corrected chi connectivity index (χ2v) is 7.48. The van der Waals surface area contributed by atoms with Crippen molar-refractivity contribution in [2.45, 2.75) is 58.2 Å². The number of likely N-dealkylation sites (tertiary alicyclic amines) is 1. The Bertz CT molecular complexity index is 474. The van der Waals surface area contributed by atoms with Crippen molar-refractivity contribution in [3.8, 4) is 0 Å². The summed E-state index contributed by atoms with van der Waals surface area (Å²) in [6.07, 6.45) is 1.63. The average Bonchev–Trinajstić information content (AvgIpc) is 2.96. The fourth-order valence-electron chi connectivity index (χ4n) is 3.38. The molecule has 2 aliphatic rings. The van der Waals surface area contributed by atoms with Crippen molar-refractivity contribution in [1.29, 1.82) is 0 Å². The van der Waals surface area contributed by atoms with Crippen LogP contribution in [-0.2, 0) is 18.9 Å². The molecule has 6 nitrogen and oxygen atoms in total. The molecular formula is C17H29NO5. The quantitative estimate of drug-likeness (QED) is 0.589. The highest BCUT2D eigenvalue weighted by Gasteiger charge is 2.61. The maximum atomic E-state index is 12.7. The van der Waals surface area contributed by atoms with Crippen molar-refractivity contribution in [1.82, 2.24) is 4.90 Å². The SMILES string of the molecule is COC1(OC)CO[C@@H]2[C@H](C=C(C)C)CN(C(=O)OC(C)(C)C)[C@@H]21. The maximum absolute atomic E-state index is 12.7. The molecule has 0 spiro atoms. The van der Waals surface area contributed by atoms with E-state index in [2.05, 4.69) is 6.08 Å². The molecular weight excluding hydrogens is 298 g/mol. The largest absolute Gasteiger partial charge is 0.444 e. The van der Waals surface area contributed by atoms with Gasteiger partial charge >= 0.3 is 6.09 Å². The van der Waals surface area contributed by atoms with Crippen LogP contribution in [0.5, 0.6) is 0 Å². The van der Waals surface area contributed by atoms with Gasteiger partial charge in [0.25, 0.3) is 0 Å². The minimum Gasteiger partial charge on any atom is -0.444 e. The first-order valence-corrected chi connectivity index (χ1v) is 8.00. The van der Waals surface area contributed by atoms with Gasteiger partial charge in [-0.2, -0.15) is 0 Å². The molecule has 0 bridgehead atoms. The number of hydrogen-bond donors (Lipinski definition) is 0. The van der Waals surface area contributed by atoms with Gasteiger partial charge in [0.1, 0.15) is 18.2 Å². The normalized spacial score (nSPS) is 29.3. The van der Waals surface area contributed by atoms with Crippen molar-refractivity contribution in [2.75, 3.05) is 27.4 Å². The highest BCUT2D eigenvalue weighted by Crippen LogP contribution is 2.42. The first kappa shape index (κ1) is 18.2. The van der Waals surface area contributed by atoms with E-state index < -0.39 is 11.4 Å². The van der Waals surface area contributed by atoms with Crippen molar-refractivity contribution >= 4 is 6.09 Å². The first-order valence-electron chi connectivity index (χ1n) is 8.00. The molecule has 0 N–H and O–H groups in total. The Hall–Kier alpha value is -1.11. The van der Waals surface area contributed by atoms with Gasteiger partial charge in [-0.05, 0) is 34.6 Å². The summed E-state index contributed by atoms with van der Waals surface area (Å²) in [7, 11) is 3.16. The number of allylic oxidation sites excluding steroid dienone is 1. The van der Waals surface area contributed by atoms with Gasteiger partial charge in [0.2, 0.25) is 5.79 Å². The number of nitrogens with zero attached hydrogens (tertiary/aromatic N) is 1. The molecule has 2 fully saturated rings. The molecule has 2 heterocycles. The number of amides is 1. The Labute approximate surface area is 138 Å². The number of rotatable bonds is 3. The molecule has 2 aliphatic heterocycles. The van der Waals surface area contributed by atoms with E-state index in [1.807, 2.05) is 34.6 Å². The van der Waals surface area contributed by atoms with Gasteiger partial charge in [0, 0.05) is 26.7 Å². The van der Waals surface area contributed by atoms with Crippen molar-refractivity contribution in [2.24, 2.45) is 5.92 Å². The molecule has 0 unspecified atom stereocenters. The highest BCUT2D eigenvalue weighted by atomic mass is 16.7. The number of methoxy groups -OCH3 is 2. The number of carbonyl (C=O) groups is 1. The summed E-state index contributed by atoms with van der Waals surface area (Å²) >= 11 is 0. The Morgan fingerprint density at radius 1 is 1.26 bits per heavy atom. The number of carbonyl (C=O) groups excluding carboxylic acids is 1. The molecule has 3 atom stereocenters. The zero-order valence-corrected chi connectivity index (χ0v) is 15.2. The molecule has 2 rings (SSSR count). The van der Waals surface area contributed by atoms with Gasteiger partial charge in [0.15, 0.2) is 0 Å². The lowest BCUT2D eigenvalue weighted by molar-refractivity contribution is -0.224. The average molecular weight is 327 g/mol. The van der Waals surface area contributed by atoms with Gasteiger partial charge in [-0.1, -0.05) is 11.6 Å². The Morgan fingerprint density at radius 2 is 1.87 bits per heavy atom. The number of ether oxygens (including phenoxy) is 4. The summed E-state index contributed by atoms with van der Waals surface area (Å²) in [6.45, 7) is 10.5. The minimum absolute atomic E-state index is 0.102. The smallest absolute Gasteiger partial charge is 0.410 e. The Morgan fingerprint density at radius 3 is 2.35 bits per heavy atom. The number of hydrogen-bond acceptors (Lipinski definition) is 5. The third-order valence-corrected chi connectivity index (χ3v) is 4.27. The number of fused-ring (bicyclic) bond motifs is 1. The second kappa shape index (κ2) is 6.42. The van der Waals surface area contributed by atoms with E-state index in [-0.39, 0.29) is 24.2 Å². The van der Waals surface area contributed by atoms with Gasteiger partial charge in [-0.15, -0.1) is 0 Å². The molecule has 23 heavy (non-hydrogen) atoms. The highest BCUT2D eigenvalue weighted by molar-refractivity contribution is 5.69. The van der Waals surface area contributed by atoms with E-state index in [1.54, 1.807) is 19.1 Å². The molecule has 1 amide bonds. The van der Waals surface area contributed by atoms with Crippen LogP contribution in [0.2, 0.25) is 0 Å². The van der Waals surface area contributed by atoms with Gasteiger partial charge in [0.05, 0.1) is 6.10 Å². The minimum atomic E-state index is -0.953. The molecule has 2 saturated heterocycles. The van der Waals surface area contributed by atoms with Crippen molar-refractivity contribution < 1.29 is 23.7 Å². The molecule has 132 valence electrons. The molecule has 0 radical (unpaired) electrons. The predicted molar refractivity (Wildman–Crippen MR) is 86.1 cm³/mol. The lowest BCUT2D eigenvalue weighted by atomic mass is 9.97. The molecule has 0 saturated carbocycles. The summed E-state index contributed by atoms with van der Waals surface area (Å²) in [5.41, 5.74) is 0.638. The van der Waals surface area contributed by atoms with Gasteiger partial charge in [-0.25, -0.2) is 4.79 Å². The summed E-state index contributed by atoms with van der Waals surface area (Å²) in [5.74, 6) is -0.851. The topological polar surface area (TPSA) is 57.2 Å². The molecule has 0 aromatic heterocycles. The molecule has 0 aliphatic carbocycles. The van der Waals surface area contributed by atoms with Crippen molar-refractivity contribution in [3.05, 3.63) is 11.6 Å². The molecule has 6 heteroatoms. The first-order chi connectivity index (χ1) is 10.6. The monoisotopic (exact) mass is 327 g/mol. The van der Waals surface area contributed by atoms with Gasteiger partial charge < -0.3 is 18.9 Å². The molecule has 0 aromatic carbocycles. The maximum Gasteiger partial charge on any atom is 0.410 e. The van der Waals surface area contributed by atoms with Crippen LogP contribution in [0.15, 0.2) is 11.6 Å². The zero-order valence-electron chi connectivity index (χ0n) is 15.2. The van der Waals surface area contributed by atoms with Crippen molar-refractivity contribution in [3.63, 3.8) is 0 Å². The third kappa shape index (κ3) is 3.54. The Kier molecular flexibility index (Phi) is 5.09. The van der Waals surface area contributed by atoms with E-state index in [1.165, 1.54) is 5.57 Å². The predicted octanol–water partition coefficient (Wildman–Crippen LogP) is 2.58. The summed E-state index contributed by atoms with van der Waals surface area (Å²) in [4.78, 5) is 14.4. The van der Waals surface area contributed by atoms with Gasteiger partial charge in [-0.3, -0.25) is 4.90 Å². The fraction of sp³-hybridized carbons (Fsp3) is 0.824.